The molecular weight excluding hydrogens is 284 g/mol. The summed E-state index contributed by atoms with van der Waals surface area (Å²) in [5.74, 6) is 2.75. The van der Waals surface area contributed by atoms with Crippen LogP contribution in [0, 0.1) is 11.8 Å². The molecule has 0 aromatic heterocycles. The van der Waals surface area contributed by atoms with Gasteiger partial charge in [0, 0.05) is 0 Å². The smallest absolute Gasteiger partial charge is 0.00978 e. The summed E-state index contributed by atoms with van der Waals surface area (Å²) in [6, 6.07) is 0. The Labute approximate surface area is 147 Å². The van der Waals surface area contributed by atoms with Gasteiger partial charge in [-0.2, -0.15) is 12.6 Å². The van der Waals surface area contributed by atoms with E-state index in [1.165, 1.54) is 44.9 Å². The van der Waals surface area contributed by atoms with Gasteiger partial charge in [0.2, 0.25) is 0 Å². The molecule has 2 atom stereocenters. The zero-order chi connectivity index (χ0) is 17.4. The van der Waals surface area contributed by atoms with Gasteiger partial charge in [0.25, 0.3) is 0 Å². The number of rotatable bonds is 11. The zero-order valence-corrected chi connectivity index (χ0v) is 17.3. The van der Waals surface area contributed by atoms with Crippen LogP contribution in [0.3, 0.4) is 0 Å². The predicted molar refractivity (Wildman–Crippen MR) is 109 cm³/mol. The van der Waals surface area contributed by atoms with E-state index in [9.17, 15) is 0 Å². The third-order valence-electron chi connectivity index (χ3n) is 4.59. The van der Waals surface area contributed by atoms with Crippen molar-refractivity contribution in [2.24, 2.45) is 11.8 Å². The van der Waals surface area contributed by atoms with Gasteiger partial charge in [-0.25, -0.2) is 0 Å². The van der Waals surface area contributed by atoms with Gasteiger partial charge < -0.3 is 0 Å². The fraction of sp³-hybridized carbons (Fsp3) is 0.810. The van der Waals surface area contributed by atoms with Crippen LogP contribution < -0.4 is 0 Å². The van der Waals surface area contributed by atoms with E-state index in [-0.39, 0.29) is 0 Å². The number of thiol groups is 1. The maximum absolute atomic E-state index is 4.35. The monoisotopic (exact) mass is 326 g/mol. The molecule has 0 radical (unpaired) electrons. The average Bonchev–Trinajstić information content (AvgIpc) is 2.56. The summed E-state index contributed by atoms with van der Waals surface area (Å²) < 4.78 is 0. The van der Waals surface area contributed by atoms with Crippen LogP contribution in [-0.4, -0.2) is 5.75 Å². The molecule has 0 saturated carbocycles. The van der Waals surface area contributed by atoms with Crippen molar-refractivity contribution < 1.29 is 0 Å². The molecule has 0 fully saturated rings. The molecule has 0 heterocycles. The van der Waals surface area contributed by atoms with Crippen molar-refractivity contribution in [3.05, 3.63) is 23.3 Å². The van der Waals surface area contributed by atoms with Crippen LogP contribution in [0.15, 0.2) is 23.3 Å². The van der Waals surface area contributed by atoms with E-state index in [1.54, 1.807) is 11.1 Å². The lowest BCUT2D eigenvalue weighted by Gasteiger charge is -2.23. The van der Waals surface area contributed by atoms with Gasteiger partial charge in [-0.15, -0.1) is 0 Å². The van der Waals surface area contributed by atoms with Crippen molar-refractivity contribution in [1.82, 2.24) is 0 Å². The van der Waals surface area contributed by atoms with Crippen LogP contribution in [0.4, 0.5) is 0 Å². The molecule has 0 N–H and O–H groups in total. The van der Waals surface area contributed by atoms with Crippen LogP contribution in [0.1, 0.15) is 93.4 Å². The minimum absolute atomic E-state index is 0.838. The molecule has 0 nitrogen and oxygen atoms in total. The van der Waals surface area contributed by atoms with Crippen molar-refractivity contribution in [2.75, 3.05) is 5.75 Å². The second-order valence-electron chi connectivity index (χ2n) is 5.89. The molecule has 0 aliphatic heterocycles. The maximum Gasteiger partial charge on any atom is -0.00978 e. The summed E-state index contributed by atoms with van der Waals surface area (Å²) in [6.07, 6.45) is 13.4. The molecule has 0 aromatic carbocycles. The van der Waals surface area contributed by atoms with Gasteiger partial charge in [0.05, 0.1) is 0 Å². The molecule has 0 aromatic rings. The molecule has 0 spiro atoms. The standard InChI is InChI=1S/C19H36S.C2H6/c1-6-11-18(8-3)19(9-4)14-13-16(5)17(7-2)12-10-15-20;1-2/h6,11,16-17,20H,7-10,12-15H2,1-5H3;1-2H3/b11-6-,19-18+;. The Morgan fingerprint density at radius 2 is 1.68 bits per heavy atom. The minimum Gasteiger partial charge on any atom is -0.179 e. The summed E-state index contributed by atoms with van der Waals surface area (Å²) in [7, 11) is 0. The van der Waals surface area contributed by atoms with E-state index in [4.69, 9.17) is 0 Å². The van der Waals surface area contributed by atoms with E-state index >= 15 is 0 Å². The van der Waals surface area contributed by atoms with Gasteiger partial charge in [-0.05, 0) is 68.6 Å². The van der Waals surface area contributed by atoms with Crippen LogP contribution in [0.25, 0.3) is 0 Å². The highest BCUT2D eigenvalue weighted by molar-refractivity contribution is 7.80. The fourth-order valence-corrected chi connectivity index (χ4v) is 3.32. The van der Waals surface area contributed by atoms with Crippen LogP contribution in [0.2, 0.25) is 0 Å². The van der Waals surface area contributed by atoms with Gasteiger partial charge in [-0.3, -0.25) is 0 Å². The first kappa shape index (κ1) is 24.1. The summed E-state index contributed by atoms with van der Waals surface area (Å²) in [5, 5.41) is 0. The average molecular weight is 327 g/mol. The normalized spacial score (nSPS) is 15.1. The van der Waals surface area contributed by atoms with E-state index in [2.05, 4.69) is 59.4 Å². The van der Waals surface area contributed by atoms with Crippen LogP contribution in [-0.2, 0) is 0 Å². The highest BCUT2D eigenvalue weighted by Crippen LogP contribution is 2.28. The largest absolute Gasteiger partial charge is 0.179 e. The van der Waals surface area contributed by atoms with Crippen molar-refractivity contribution in [1.29, 1.82) is 0 Å². The van der Waals surface area contributed by atoms with Gasteiger partial charge in [0.15, 0.2) is 0 Å². The Morgan fingerprint density at radius 1 is 1.05 bits per heavy atom. The number of allylic oxidation sites excluding steroid dienone is 4. The van der Waals surface area contributed by atoms with Crippen molar-refractivity contribution in [3.8, 4) is 0 Å². The first-order chi connectivity index (χ1) is 10.6. The summed E-state index contributed by atoms with van der Waals surface area (Å²) in [4.78, 5) is 0. The molecule has 132 valence electrons. The lowest BCUT2D eigenvalue weighted by atomic mass is 9.83. The Kier molecular flexibility index (Phi) is 18.8. The second-order valence-corrected chi connectivity index (χ2v) is 6.33. The summed E-state index contributed by atoms with van der Waals surface area (Å²) >= 11 is 4.35. The molecule has 1 heteroatoms. The third-order valence-corrected chi connectivity index (χ3v) is 4.91. The summed E-state index contributed by atoms with van der Waals surface area (Å²) in [6.45, 7) is 15.5. The highest BCUT2D eigenvalue weighted by atomic mass is 32.1. The second kappa shape index (κ2) is 17.2. The Balaban J connectivity index is 0. The topological polar surface area (TPSA) is 0 Å². The first-order valence-electron chi connectivity index (χ1n) is 9.58. The molecule has 0 saturated heterocycles. The van der Waals surface area contributed by atoms with Gasteiger partial charge in [0.1, 0.15) is 0 Å². The predicted octanol–water partition coefficient (Wildman–Crippen LogP) is 7.86. The molecule has 0 bridgehead atoms. The molecule has 0 amide bonds. The SMILES string of the molecule is C/C=C\C(CC)=C(/CC)CCC(C)C(CC)CCCS.CC. The van der Waals surface area contributed by atoms with Crippen molar-refractivity contribution >= 4 is 12.6 Å². The van der Waals surface area contributed by atoms with Gasteiger partial charge in [-0.1, -0.05) is 65.7 Å². The lowest BCUT2D eigenvalue weighted by Crippen LogP contribution is -2.11. The van der Waals surface area contributed by atoms with E-state index in [1.807, 2.05) is 13.8 Å². The molecular formula is C21H42S. The van der Waals surface area contributed by atoms with E-state index in [0.717, 1.165) is 17.6 Å². The number of hydrogen-bond donors (Lipinski definition) is 1. The van der Waals surface area contributed by atoms with Crippen LogP contribution >= 0.6 is 12.6 Å². The zero-order valence-electron chi connectivity index (χ0n) is 16.4. The number of hydrogen-bond acceptors (Lipinski definition) is 1. The van der Waals surface area contributed by atoms with Crippen molar-refractivity contribution in [2.45, 2.75) is 93.4 Å². The quantitative estimate of drug-likeness (QED) is 0.290. The van der Waals surface area contributed by atoms with Gasteiger partial charge >= 0.3 is 0 Å². The maximum atomic E-state index is 4.35. The first-order valence-corrected chi connectivity index (χ1v) is 10.2. The lowest BCUT2D eigenvalue weighted by molar-refractivity contribution is 0.306. The Bertz CT molecular complexity index is 288. The Morgan fingerprint density at radius 3 is 2.09 bits per heavy atom. The van der Waals surface area contributed by atoms with E-state index < -0.39 is 0 Å². The summed E-state index contributed by atoms with van der Waals surface area (Å²) in [5.41, 5.74) is 3.23. The molecule has 0 aliphatic carbocycles. The highest BCUT2D eigenvalue weighted by Gasteiger charge is 2.15. The molecule has 2 unspecified atom stereocenters. The van der Waals surface area contributed by atoms with E-state index in [0.29, 0.717) is 0 Å². The molecule has 22 heavy (non-hydrogen) atoms. The molecule has 0 rings (SSSR count). The minimum atomic E-state index is 0.838. The third kappa shape index (κ3) is 10.5. The van der Waals surface area contributed by atoms with Crippen molar-refractivity contribution in [3.63, 3.8) is 0 Å². The van der Waals surface area contributed by atoms with Crippen LogP contribution in [0.5, 0.6) is 0 Å². The molecule has 0 aliphatic rings. The Hall–Kier alpha value is -0.170. The fourth-order valence-electron chi connectivity index (χ4n) is 3.13.